The average molecular weight is 261 g/mol. The third-order valence-electron chi connectivity index (χ3n) is 3.33. The van der Waals surface area contributed by atoms with Gasteiger partial charge in [-0.25, -0.2) is 0 Å². The molecule has 1 fully saturated rings. The second-order valence-corrected chi connectivity index (χ2v) is 5.58. The van der Waals surface area contributed by atoms with E-state index < -0.39 is 0 Å². The molecule has 1 amide bonds. The van der Waals surface area contributed by atoms with Crippen molar-refractivity contribution in [1.29, 1.82) is 0 Å². The Balaban J connectivity index is 1.95. The number of benzene rings is 1. The predicted octanol–water partition coefficient (Wildman–Crippen LogP) is 3.35. The maximum Gasteiger partial charge on any atom is 0.253 e. The Morgan fingerprint density at radius 3 is 2.37 bits per heavy atom. The monoisotopic (exact) mass is 261 g/mol. The van der Waals surface area contributed by atoms with E-state index in [1.807, 2.05) is 29.2 Å². The van der Waals surface area contributed by atoms with E-state index in [1.54, 1.807) is 0 Å². The minimum atomic E-state index is 0.148. The van der Waals surface area contributed by atoms with Crippen LogP contribution in [0.15, 0.2) is 24.3 Å². The number of likely N-dealkylation sites (tertiary alicyclic amines) is 1. The highest BCUT2D eigenvalue weighted by Gasteiger charge is 2.17. The Hall–Kier alpha value is -1.51. The smallest absolute Gasteiger partial charge is 0.253 e. The zero-order chi connectivity index (χ0) is 13.7. The highest BCUT2D eigenvalue weighted by molar-refractivity contribution is 5.94. The van der Waals surface area contributed by atoms with Gasteiger partial charge in [-0.1, -0.05) is 13.8 Å². The maximum absolute atomic E-state index is 12.3. The molecule has 0 aliphatic carbocycles. The number of amides is 1. The van der Waals surface area contributed by atoms with Gasteiger partial charge < -0.3 is 9.64 Å². The van der Waals surface area contributed by atoms with E-state index in [1.165, 1.54) is 6.42 Å². The molecule has 0 aromatic heterocycles. The van der Waals surface area contributed by atoms with Gasteiger partial charge >= 0.3 is 0 Å². The van der Waals surface area contributed by atoms with E-state index in [9.17, 15) is 4.79 Å². The number of hydrogen-bond donors (Lipinski definition) is 0. The maximum atomic E-state index is 12.3. The molecule has 1 aromatic rings. The normalized spacial score (nSPS) is 15.6. The molecule has 0 saturated carbocycles. The van der Waals surface area contributed by atoms with Crippen LogP contribution < -0.4 is 4.74 Å². The molecule has 1 saturated heterocycles. The lowest BCUT2D eigenvalue weighted by atomic mass is 10.1. The second-order valence-electron chi connectivity index (χ2n) is 5.58. The molecule has 3 nitrogen and oxygen atoms in total. The van der Waals surface area contributed by atoms with Crippen LogP contribution in [0.4, 0.5) is 0 Å². The van der Waals surface area contributed by atoms with Gasteiger partial charge in [0, 0.05) is 18.7 Å². The molecule has 104 valence electrons. The van der Waals surface area contributed by atoms with Crippen LogP contribution in [0.3, 0.4) is 0 Å². The number of hydrogen-bond acceptors (Lipinski definition) is 2. The van der Waals surface area contributed by atoms with Gasteiger partial charge in [-0.2, -0.15) is 0 Å². The van der Waals surface area contributed by atoms with Gasteiger partial charge in [0.25, 0.3) is 5.91 Å². The summed E-state index contributed by atoms with van der Waals surface area (Å²) in [7, 11) is 0. The first kappa shape index (κ1) is 13.9. The van der Waals surface area contributed by atoms with Crippen molar-refractivity contribution < 1.29 is 9.53 Å². The summed E-state index contributed by atoms with van der Waals surface area (Å²) in [5.74, 6) is 1.49. The molecule has 2 rings (SSSR count). The van der Waals surface area contributed by atoms with Gasteiger partial charge in [0.15, 0.2) is 0 Å². The van der Waals surface area contributed by atoms with E-state index in [4.69, 9.17) is 4.74 Å². The highest BCUT2D eigenvalue weighted by atomic mass is 16.5. The van der Waals surface area contributed by atoms with Gasteiger partial charge in [-0.3, -0.25) is 4.79 Å². The molecule has 0 radical (unpaired) electrons. The molecule has 0 atom stereocenters. The number of carbonyl (C=O) groups excluding carboxylic acids is 1. The van der Waals surface area contributed by atoms with Crippen molar-refractivity contribution in [3.63, 3.8) is 0 Å². The molecule has 1 aliphatic rings. The number of nitrogens with zero attached hydrogens (tertiary/aromatic N) is 1. The van der Waals surface area contributed by atoms with Crippen LogP contribution in [0.2, 0.25) is 0 Å². The fraction of sp³-hybridized carbons (Fsp3) is 0.562. The zero-order valence-electron chi connectivity index (χ0n) is 11.9. The van der Waals surface area contributed by atoms with E-state index >= 15 is 0 Å². The Labute approximate surface area is 115 Å². The Kier molecular flexibility index (Phi) is 4.83. The van der Waals surface area contributed by atoms with Crippen LogP contribution in [0.1, 0.15) is 43.5 Å². The van der Waals surface area contributed by atoms with Crippen LogP contribution in [-0.4, -0.2) is 30.5 Å². The Bertz CT molecular complexity index is 405. The number of piperidine rings is 1. The summed E-state index contributed by atoms with van der Waals surface area (Å²) < 4.78 is 5.62. The van der Waals surface area contributed by atoms with Gasteiger partial charge in [-0.15, -0.1) is 0 Å². The van der Waals surface area contributed by atoms with Crippen LogP contribution in [0.25, 0.3) is 0 Å². The summed E-state index contributed by atoms with van der Waals surface area (Å²) in [5.41, 5.74) is 0.763. The average Bonchev–Trinajstić information content (AvgIpc) is 2.46. The van der Waals surface area contributed by atoms with Gasteiger partial charge in [0.2, 0.25) is 0 Å². The molecule has 19 heavy (non-hydrogen) atoms. The lowest BCUT2D eigenvalue weighted by molar-refractivity contribution is 0.0724. The molecule has 0 N–H and O–H groups in total. The van der Waals surface area contributed by atoms with E-state index in [0.717, 1.165) is 37.2 Å². The lowest BCUT2D eigenvalue weighted by Gasteiger charge is -2.26. The molecule has 0 spiro atoms. The summed E-state index contributed by atoms with van der Waals surface area (Å²) in [6, 6.07) is 7.51. The first-order valence-corrected chi connectivity index (χ1v) is 7.19. The second kappa shape index (κ2) is 6.60. The third kappa shape index (κ3) is 3.98. The van der Waals surface area contributed by atoms with Crippen molar-refractivity contribution >= 4 is 5.91 Å². The lowest BCUT2D eigenvalue weighted by Crippen LogP contribution is -2.35. The zero-order valence-corrected chi connectivity index (χ0v) is 11.9. The number of ether oxygens (including phenoxy) is 1. The van der Waals surface area contributed by atoms with Crippen LogP contribution in [0, 0.1) is 5.92 Å². The fourth-order valence-corrected chi connectivity index (χ4v) is 2.24. The SMILES string of the molecule is CC(C)COc1ccc(C(=O)N2CCCCC2)cc1. The van der Waals surface area contributed by atoms with Gasteiger partial charge in [-0.05, 0) is 49.4 Å². The first-order chi connectivity index (χ1) is 9.16. The molecular formula is C16H23NO2. The largest absolute Gasteiger partial charge is 0.493 e. The van der Waals surface area contributed by atoms with Crippen LogP contribution >= 0.6 is 0 Å². The predicted molar refractivity (Wildman–Crippen MR) is 76.5 cm³/mol. The summed E-state index contributed by atoms with van der Waals surface area (Å²) >= 11 is 0. The highest BCUT2D eigenvalue weighted by Crippen LogP contribution is 2.17. The quantitative estimate of drug-likeness (QED) is 0.832. The molecule has 0 unspecified atom stereocenters. The topological polar surface area (TPSA) is 29.5 Å². The first-order valence-electron chi connectivity index (χ1n) is 7.19. The summed E-state index contributed by atoms with van der Waals surface area (Å²) in [5, 5.41) is 0. The summed E-state index contributed by atoms with van der Waals surface area (Å²) in [4.78, 5) is 14.2. The van der Waals surface area contributed by atoms with E-state index in [-0.39, 0.29) is 5.91 Å². The summed E-state index contributed by atoms with van der Waals surface area (Å²) in [6.45, 7) is 6.73. The molecular weight excluding hydrogens is 238 g/mol. The van der Waals surface area contributed by atoms with Crippen LogP contribution in [0.5, 0.6) is 5.75 Å². The van der Waals surface area contributed by atoms with Crippen molar-refractivity contribution in [2.45, 2.75) is 33.1 Å². The Morgan fingerprint density at radius 1 is 1.16 bits per heavy atom. The van der Waals surface area contributed by atoms with E-state index in [0.29, 0.717) is 12.5 Å². The molecule has 1 aliphatic heterocycles. The van der Waals surface area contributed by atoms with Gasteiger partial charge in [0.1, 0.15) is 5.75 Å². The Morgan fingerprint density at radius 2 is 1.79 bits per heavy atom. The fourth-order valence-electron chi connectivity index (χ4n) is 2.24. The third-order valence-corrected chi connectivity index (χ3v) is 3.33. The molecule has 0 bridgehead atoms. The van der Waals surface area contributed by atoms with Crippen molar-refractivity contribution in [3.8, 4) is 5.75 Å². The van der Waals surface area contributed by atoms with Crippen molar-refractivity contribution in [3.05, 3.63) is 29.8 Å². The molecule has 1 aromatic carbocycles. The minimum absolute atomic E-state index is 0.148. The van der Waals surface area contributed by atoms with Crippen molar-refractivity contribution in [1.82, 2.24) is 4.90 Å². The van der Waals surface area contributed by atoms with Gasteiger partial charge in [0.05, 0.1) is 6.61 Å². The minimum Gasteiger partial charge on any atom is -0.493 e. The summed E-state index contributed by atoms with van der Waals surface area (Å²) in [6.07, 6.45) is 3.49. The number of rotatable bonds is 4. The van der Waals surface area contributed by atoms with Crippen molar-refractivity contribution in [2.75, 3.05) is 19.7 Å². The standard InChI is InChI=1S/C16H23NO2/c1-13(2)12-19-15-8-6-14(7-9-15)16(18)17-10-4-3-5-11-17/h6-9,13H,3-5,10-12H2,1-2H3. The van der Waals surface area contributed by atoms with E-state index in [2.05, 4.69) is 13.8 Å². The molecule has 3 heteroatoms. The van der Waals surface area contributed by atoms with Crippen molar-refractivity contribution in [2.24, 2.45) is 5.92 Å². The number of carbonyl (C=O) groups is 1. The van der Waals surface area contributed by atoms with Crippen LogP contribution in [-0.2, 0) is 0 Å². The molecule has 1 heterocycles.